The molecule has 2 aliphatic heterocycles. The zero-order valence-electron chi connectivity index (χ0n) is 11.3. The Kier molecular flexibility index (Phi) is 5.41. The van der Waals surface area contributed by atoms with E-state index in [1.807, 2.05) is 7.05 Å². The molecule has 2 heterocycles. The van der Waals surface area contributed by atoms with Gasteiger partial charge < -0.3 is 9.47 Å². The van der Waals surface area contributed by atoms with E-state index in [1.54, 1.807) is 0 Å². The molecule has 18 heavy (non-hydrogen) atoms. The summed E-state index contributed by atoms with van der Waals surface area (Å²) in [6.45, 7) is 6.20. The molecule has 0 aliphatic carbocycles. The molecule has 0 radical (unpaired) electrons. The van der Waals surface area contributed by atoms with Crippen molar-refractivity contribution in [1.82, 2.24) is 9.80 Å². The van der Waals surface area contributed by atoms with Crippen molar-refractivity contribution in [3.8, 4) is 0 Å². The Morgan fingerprint density at radius 3 is 2.78 bits per heavy atom. The predicted molar refractivity (Wildman–Crippen MR) is 68.5 cm³/mol. The molecular weight excluding hydrogens is 232 g/mol. The van der Waals surface area contributed by atoms with E-state index in [4.69, 9.17) is 9.47 Å². The van der Waals surface area contributed by atoms with Crippen molar-refractivity contribution >= 4 is 5.97 Å². The fourth-order valence-corrected chi connectivity index (χ4v) is 2.59. The van der Waals surface area contributed by atoms with Gasteiger partial charge in [-0.05, 0) is 32.9 Å². The summed E-state index contributed by atoms with van der Waals surface area (Å²) in [5, 5.41) is 0. The van der Waals surface area contributed by atoms with Crippen LogP contribution in [-0.2, 0) is 14.3 Å². The van der Waals surface area contributed by atoms with Crippen LogP contribution in [0.25, 0.3) is 0 Å². The topological polar surface area (TPSA) is 42.0 Å². The summed E-state index contributed by atoms with van der Waals surface area (Å²) in [6.07, 6.45) is 2.96. The summed E-state index contributed by atoms with van der Waals surface area (Å²) < 4.78 is 10.6. The van der Waals surface area contributed by atoms with E-state index < -0.39 is 0 Å². The molecule has 0 aromatic heterocycles. The van der Waals surface area contributed by atoms with Crippen LogP contribution in [0.2, 0.25) is 0 Å². The summed E-state index contributed by atoms with van der Waals surface area (Å²) in [7, 11) is 1.99. The van der Waals surface area contributed by atoms with Crippen molar-refractivity contribution in [3.63, 3.8) is 0 Å². The predicted octanol–water partition coefficient (Wildman–Crippen LogP) is 0.346. The second kappa shape index (κ2) is 7.07. The van der Waals surface area contributed by atoms with E-state index in [1.165, 1.54) is 0 Å². The molecule has 2 saturated heterocycles. The molecule has 2 rings (SSSR count). The molecule has 1 atom stereocenters. The van der Waals surface area contributed by atoms with E-state index in [2.05, 4.69) is 9.80 Å². The summed E-state index contributed by atoms with van der Waals surface area (Å²) in [4.78, 5) is 16.3. The van der Waals surface area contributed by atoms with Gasteiger partial charge in [-0.3, -0.25) is 14.6 Å². The van der Waals surface area contributed by atoms with Crippen LogP contribution in [0.3, 0.4) is 0 Å². The van der Waals surface area contributed by atoms with Gasteiger partial charge >= 0.3 is 5.97 Å². The highest BCUT2D eigenvalue weighted by atomic mass is 16.5. The molecule has 0 aromatic rings. The first-order valence-electron chi connectivity index (χ1n) is 6.94. The fourth-order valence-electron chi connectivity index (χ4n) is 2.59. The van der Waals surface area contributed by atoms with Crippen LogP contribution >= 0.6 is 0 Å². The van der Waals surface area contributed by atoms with Gasteiger partial charge in [0.2, 0.25) is 0 Å². The van der Waals surface area contributed by atoms with Crippen LogP contribution in [0.4, 0.5) is 0 Å². The quantitative estimate of drug-likeness (QED) is 0.524. The van der Waals surface area contributed by atoms with Crippen LogP contribution in [0, 0.1) is 0 Å². The molecule has 5 heteroatoms. The van der Waals surface area contributed by atoms with Crippen molar-refractivity contribution in [1.29, 1.82) is 0 Å². The zero-order valence-corrected chi connectivity index (χ0v) is 11.3. The third-order valence-corrected chi connectivity index (χ3v) is 3.76. The van der Waals surface area contributed by atoms with E-state index in [-0.39, 0.29) is 12.0 Å². The van der Waals surface area contributed by atoms with Crippen LogP contribution in [0.1, 0.15) is 19.3 Å². The normalized spacial score (nSPS) is 26.4. The highest BCUT2D eigenvalue weighted by molar-refractivity contribution is 5.76. The van der Waals surface area contributed by atoms with Crippen molar-refractivity contribution in [2.45, 2.75) is 25.3 Å². The number of carbonyl (C=O) groups is 1. The smallest absolute Gasteiger partial charge is 0.323 e. The monoisotopic (exact) mass is 256 g/mol. The SMILES string of the molecule is CN1CCC[C@H]1C(=O)OCCCN1CCOCC1. The minimum Gasteiger partial charge on any atom is -0.464 e. The Bertz CT molecular complexity index is 267. The number of esters is 1. The maximum Gasteiger partial charge on any atom is 0.323 e. The molecule has 104 valence electrons. The lowest BCUT2D eigenvalue weighted by Gasteiger charge is -2.26. The Morgan fingerprint density at radius 2 is 2.11 bits per heavy atom. The van der Waals surface area contributed by atoms with Crippen molar-refractivity contribution in [2.75, 3.05) is 53.0 Å². The maximum absolute atomic E-state index is 11.8. The highest BCUT2D eigenvalue weighted by Gasteiger charge is 2.28. The first-order valence-corrected chi connectivity index (χ1v) is 6.94. The Balaban J connectivity index is 1.56. The summed E-state index contributed by atoms with van der Waals surface area (Å²) >= 11 is 0. The second-order valence-corrected chi connectivity index (χ2v) is 5.11. The number of morpholine rings is 1. The average Bonchev–Trinajstić information content (AvgIpc) is 2.82. The third-order valence-electron chi connectivity index (χ3n) is 3.76. The lowest BCUT2D eigenvalue weighted by atomic mass is 10.2. The lowest BCUT2D eigenvalue weighted by Crippen LogP contribution is -2.38. The molecule has 2 fully saturated rings. The van der Waals surface area contributed by atoms with Gasteiger partial charge in [-0.25, -0.2) is 0 Å². The van der Waals surface area contributed by atoms with Crippen LogP contribution < -0.4 is 0 Å². The number of likely N-dealkylation sites (tertiary alicyclic amines) is 1. The molecule has 0 unspecified atom stereocenters. The molecule has 0 N–H and O–H groups in total. The Morgan fingerprint density at radius 1 is 1.33 bits per heavy atom. The number of hydrogen-bond donors (Lipinski definition) is 0. The highest BCUT2D eigenvalue weighted by Crippen LogP contribution is 2.15. The lowest BCUT2D eigenvalue weighted by molar-refractivity contribution is -0.148. The molecule has 0 saturated carbocycles. The third kappa shape index (κ3) is 3.93. The number of rotatable bonds is 5. The van der Waals surface area contributed by atoms with Gasteiger partial charge in [0.25, 0.3) is 0 Å². The molecule has 0 bridgehead atoms. The standard InChI is InChI=1S/C13H24N2O3/c1-14-5-2-4-12(14)13(16)18-9-3-6-15-7-10-17-11-8-15/h12H,2-11H2,1H3/t12-/m0/s1. The van der Waals surface area contributed by atoms with Gasteiger partial charge in [0, 0.05) is 19.6 Å². The van der Waals surface area contributed by atoms with Crippen molar-refractivity contribution in [2.24, 2.45) is 0 Å². The number of carbonyl (C=O) groups excluding carboxylic acids is 1. The van der Waals surface area contributed by atoms with Gasteiger partial charge in [0.1, 0.15) is 6.04 Å². The summed E-state index contributed by atoms with van der Waals surface area (Å²) in [6, 6.07) is -0.00612. The zero-order chi connectivity index (χ0) is 12.8. The fraction of sp³-hybridized carbons (Fsp3) is 0.923. The van der Waals surface area contributed by atoms with E-state index in [9.17, 15) is 4.79 Å². The van der Waals surface area contributed by atoms with E-state index in [0.717, 1.165) is 58.7 Å². The summed E-state index contributed by atoms with van der Waals surface area (Å²) in [5.41, 5.74) is 0. The van der Waals surface area contributed by atoms with Gasteiger partial charge in [-0.15, -0.1) is 0 Å². The maximum atomic E-state index is 11.8. The van der Waals surface area contributed by atoms with Crippen LogP contribution in [0.5, 0.6) is 0 Å². The minimum absolute atomic E-state index is 0.00612. The average molecular weight is 256 g/mol. The minimum atomic E-state index is -0.0445. The number of hydrogen-bond acceptors (Lipinski definition) is 5. The van der Waals surface area contributed by atoms with E-state index >= 15 is 0 Å². The molecule has 0 amide bonds. The Labute approximate surface area is 109 Å². The number of likely N-dealkylation sites (N-methyl/N-ethyl adjacent to an activating group) is 1. The number of ether oxygens (including phenoxy) is 2. The Hall–Kier alpha value is -0.650. The van der Waals surface area contributed by atoms with Crippen molar-refractivity contribution < 1.29 is 14.3 Å². The van der Waals surface area contributed by atoms with Gasteiger partial charge in [0.15, 0.2) is 0 Å². The van der Waals surface area contributed by atoms with Gasteiger partial charge in [-0.2, -0.15) is 0 Å². The van der Waals surface area contributed by atoms with Crippen LogP contribution in [0.15, 0.2) is 0 Å². The largest absolute Gasteiger partial charge is 0.464 e. The number of nitrogens with zero attached hydrogens (tertiary/aromatic N) is 2. The van der Waals surface area contributed by atoms with E-state index in [0.29, 0.717) is 6.61 Å². The second-order valence-electron chi connectivity index (χ2n) is 5.11. The van der Waals surface area contributed by atoms with Gasteiger partial charge in [0.05, 0.1) is 19.8 Å². The first-order chi connectivity index (χ1) is 8.77. The molecule has 2 aliphatic rings. The first kappa shape index (κ1) is 13.8. The summed E-state index contributed by atoms with van der Waals surface area (Å²) in [5.74, 6) is -0.0445. The van der Waals surface area contributed by atoms with Gasteiger partial charge in [-0.1, -0.05) is 0 Å². The van der Waals surface area contributed by atoms with Crippen LogP contribution in [-0.4, -0.2) is 74.9 Å². The molecule has 0 aromatic carbocycles. The van der Waals surface area contributed by atoms with Crippen molar-refractivity contribution in [3.05, 3.63) is 0 Å². The molecule has 5 nitrogen and oxygen atoms in total. The molecular formula is C13H24N2O3. The molecule has 0 spiro atoms.